The second-order valence-corrected chi connectivity index (χ2v) is 8.57. The van der Waals surface area contributed by atoms with Gasteiger partial charge in [0.1, 0.15) is 0 Å². The number of nitrogens with two attached hydrogens (primary N) is 1. The van der Waals surface area contributed by atoms with Crippen molar-refractivity contribution in [3.8, 4) is 17.2 Å². The van der Waals surface area contributed by atoms with E-state index >= 15 is 0 Å². The predicted octanol–water partition coefficient (Wildman–Crippen LogP) is 6.92. The van der Waals surface area contributed by atoms with Gasteiger partial charge < -0.3 is 10.3 Å². The third-order valence-corrected chi connectivity index (χ3v) is 6.15. The molecule has 2 N–H and O–H groups in total. The summed E-state index contributed by atoms with van der Waals surface area (Å²) < 4.78 is 2.32. The molecular weight excluding hydrogens is 382 g/mol. The van der Waals surface area contributed by atoms with E-state index in [0.717, 1.165) is 42.6 Å². The van der Waals surface area contributed by atoms with Crippen LogP contribution in [0, 0.1) is 18.3 Å². The Morgan fingerprint density at radius 1 is 0.935 bits per heavy atom. The molecule has 0 radical (unpaired) electrons. The molecule has 0 atom stereocenters. The summed E-state index contributed by atoms with van der Waals surface area (Å²) in [6.45, 7) is 7.36. The molecule has 4 nitrogen and oxygen atoms in total. The standard InChI is InChI=1S/C27H39N3O/c1-4-6-7-8-9-10-11-12-13-19-30-21(3)25(27(29)31)26(24(30)14-5-2)23-17-15-22(20-28)16-18-23/h15-18H,4-14,19H2,1-3H3,(H2,29,31). The molecule has 0 bridgehead atoms. The highest BCUT2D eigenvalue weighted by Crippen LogP contribution is 2.34. The molecule has 0 spiro atoms. The van der Waals surface area contributed by atoms with Gasteiger partial charge in [0.25, 0.3) is 5.91 Å². The SMILES string of the molecule is CCCCCCCCCCCn1c(C)c(C(N)=O)c(-c2ccc(C#N)cc2)c1CCC. The van der Waals surface area contributed by atoms with Crippen molar-refractivity contribution in [3.63, 3.8) is 0 Å². The Morgan fingerprint density at radius 2 is 1.52 bits per heavy atom. The van der Waals surface area contributed by atoms with Gasteiger partial charge in [-0.05, 0) is 37.5 Å². The summed E-state index contributed by atoms with van der Waals surface area (Å²) in [5.41, 5.74) is 11.1. The Bertz CT molecular complexity index is 871. The number of rotatable bonds is 14. The van der Waals surface area contributed by atoms with Gasteiger partial charge in [-0.15, -0.1) is 0 Å². The fraction of sp³-hybridized carbons (Fsp3) is 0.556. The third kappa shape index (κ3) is 6.72. The monoisotopic (exact) mass is 421 g/mol. The molecule has 0 aliphatic heterocycles. The number of hydrogen-bond acceptors (Lipinski definition) is 2. The summed E-state index contributed by atoms with van der Waals surface area (Å²) >= 11 is 0. The van der Waals surface area contributed by atoms with Crippen molar-refractivity contribution < 1.29 is 4.79 Å². The number of nitrogens with zero attached hydrogens (tertiary/aromatic N) is 2. The lowest BCUT2D eigenvalue weighted by atomic mass is 9.97. The number of primary amides is 1. The Hall–Kier alpha value is -2.54. The van der Waals surface area contributed by atoms with Crippen LogP contribution in [0.5, 0.6) is 0 Å². The molecule has 1 aromatic heterocycles. The topological polar surface area (TPSA) is 71.8 Å². The van der Waals surface area contributed by atoms with Crippen LogP contribution in [0.25, 0.3) is 11.1 Å². The summed E-state index contributed by atoms with van der Waals surface area (Å²) in [6.07, 6.45) is 13.6. The van der Waals surface area contributed by atoms with Crippen LogP contribution < -0.4 is 5.73 Å². The summed E-state index contributed by atoms with van der Waals surface area (Å²) in [4.78, 5) is 12.4. The van der Waals surface area contributed by atoms with Crippen molar-refractivity contribution in [2.24, 2.45) is 5.73 Å². The van der Waals surface area contributed by atoms with Gasteiger partial charge in [0.2, 0.25) is 0 Å². The zero-order valence-electron chi connectivity index (χ0n) is 19.7. The minimum Gasteiger partial charge on any atom is -0.366 e. The van der Waals surface area contributed by atoms with Crippen LogP contribution in [0.3, 0.4) is 0 Å². The van der Waals surface area contributed by atoms with Crippen LogP contribution in [-0.2, 0) is 13.0 Å². The highest BCUT2D eigenvalue weighted by atomic mass is 16.1. The maximum absolute atomic E-state index is 12.4. The van der Waals surface area contributed by atoms with Gasteiger partial charge in [-0.2, -0.15) is 5.26 Å². The van der Waals surface area contributed by atoms with E-state index < -0.39 is 0 Å². The molecule has 0 aliphatic rings. The van der Waals surface area contributed by atoms with E-state index in [2.05, 4.69) is 24.5 Å². The minimum absolute atomic E-state index is 0.375. The van der Waals surface area contributed by atoms with Gasteiger partial charge in [0.05, 0.1) is 17.2 Å². The third-order valence-electron chi connectivity index (χ3n) is 6.15. The number of unbranched alkanes of at least 4 members (excludes halogenated alkanes) is 8. The number of aromatic nitrogens is 1. The lowest BCUT2D eigenvalue weighted by Gasteiger charge is -2.13. The van der Waals surface area contributed by atoms with Gasteiger partial charge >= 0.3 is 0 Å². The quantitative estimate of drug-likeness (QED) is 0.336. The van der Waals surface area contributed by atoms with Crippen molar-refractivity contribution in [1.29, 1.82) is 5.26 Å². The van der Waals surface area contributed by atoms with Crippen molar-refractivity contribution in [2.45, 2.75) is 97.9 Å². The van der Waals surface area contributed by atoms with Crippen LogP contribution in [0.15, 0.2) is 24.3 Å². The first-order valence-electron chi connectivity index (χ1n) is 12.1. The number of amides is 1. The van der Waals surface area contributed by atoms with E-state index in [-0.39, 0.29) is 5.91 Å². The number of carbonyl (C=O) groups excluding carboxylic acids is 1. The zero-order chi connectivity index (χ0) is 22.6. The molecule has 0 aliphatic carbocycles. The van der Waals surface area contributed by atoms with Crippen LogP contribution in [0.4, 0.5) is 0 Å². The van der Waals surface area contributed by atoms with E-state index in [0.29, 0.717) is 11.1 Å². The van der Waals surface area contributed by atoms with Gasteiger partial charge in [-0.25, -0.2) is 0 Å². The van der Waals surface area contributed by atoms with Crippen molar-refractivity contribution in [2.75, 3.05) is 0 Å². The normalized spacial score (nSPS) is 10.9. The summed E-state index contributed by atoms with van der Waals surface area (Å²) in [5, 5.41) is 9.11. The lowest BCUT2D eigenvalue weighted by molar-refractivity contribution is 0.1000. The van der Waals surface area contributed by atoms with E-state index in [1.54, 1.807) is 0 Å². The number of hydrogen-bond donors (Lipinski definition) is 1. The largest absolute Gasteiger partial charge is 0.366 e. The smallest absolute Gasteiger partial charge is 0.251 e. The van der Waals surface area contributed by atoms with Gasteiger partial charge in [0.15, 0.2) is 0 Å². The molecule has 0 saturated carbocycles. The summed E-state index contributed by atoms with van der Waals surface area (Å²) in [5.74, 6) is -0.375. The van der Waals surface area contributed by atoms with E-state index in [4.69, 9.17) is 11.0 Å². The first kappa shape index (κ1) is 24.7. The van der Waals surface area contributed by atoms with Crippen molar-refractivity contribution in [3.05, 3.63) is 46.8 Å². The predicted molar refractivity (Wildman–Crippen MR) is 129 cm³/mol. The van der Waals surface area contributed by atoms with Gasteiger partial charge in [-0.1, -0.05) is 83.8 Å². The van der Waals surface area contributed by atoms with Crippen LogP contribution in [0.1, 0.15) is 105 Å². The molecule has 1 heterocycles. The number of benzene rings is 1. The van der Waals surface area contributed by atoms with Gasteiger partial charge in [0, 0.05) is 23.5 Å². The van der Waals surface area contributed by atoms with Crippen LogP contribution in [-0.4, -0.2) is 10.5 Å². The molecule has 168 valence electrons. The van der Waals surface area contributed by atoms with Crippen molar-refractivity contribution in [1.82, 2.24) is 4.57 Å². The number of nitriles is 1. The van der Waals surface area contributed by atoms with Crippen LogP contribution >= 0.6 is 0 Å². The second kappa shape index (κ2) is 13.0. The molecule has 0 saturated heterocycles. The summed E-state index contributed by atoms with van der Waals surface area (Å²) in [6, 6.07) is 9.64. The number of carbonyl (C=O) groups is 1. The average Bonchev–Trinajstić information content (AvgIpc) is 3.04. The van der Waals surface area contributed by atoms with E-state index in [9.17, 15) is 4.79 Å². The highest BCUT2D eigenvalue weighted by Gasteiger charge is 2.24. The van der Waals surface area contributed by atoms with Crippen molar-refractivity contribution >= 4 is 5.91 Å². The molecule has 0 fully saturated rings. The Morgan fingerprint density at radius 3 is 2.03 bits per heavy atom. The molecular formula is C27H39N3O. The average molecular weight is 422 g/mol. The fourth-order valence-electron chi connectivity index (χ4n) is 4.50. The fourth-order valence-corrected chi connectivity index (χ4v) is 4.50. The molecule has 1 amide bonds. The molecule has 2 rings (SSSR count). The Labute approximate surface area is 188 Å². The molecule has 31 heavy (non-hydrogen) atoms. The second-order valence-electron chi connectivity index (χ2n) is 8.57. The molecule has 0 unspecified atom stereocenters. The highest BCUT2D eigenvalue weighted by molar-refractivity contribution is 6.02. The zero-order valence-corrected chi connectivity index (χ0v) is 19.7. The first-order valence-corrected chi connectivity index (χ1v) is 12.1. The van der Waals surface area contributed by atoms with E-state index in [1.165, 1.54) is 57.1 Å². The van der Waals surface area contributed by atoms with Crippen LogP contribution in [0.2, 0.25) is 0 Å². The first-order chi connectivity index (χ1) is 15.0. The Kier molecular flexibility index (Phi) is 10.4. The molecule has 4 heteroatoms. The Balaban J connectivity index is 2.15. The summed E-state index contributed by atoms with van der Waals surface area (Å²) in [7, 11) is 0. The lowest BCUT2D eigenvalue weighted by Crippen LogP contribution is -2.13. The van der Waals surface area contributed by atoms with Gasteiger partial charge in [-0.3, -0.25) is 4.79 Å². The maximum Gasteiger partial charge on any atom is 0.251 e. The molecule has 2 aromatic rings. The minimum atomic E-state index is -0.375. The van der Waals surface area contributed by atoms with E-state index in [1.807, 2.05) is 31.2 Å². The maximum atomic E-state index is 12.4. The molecule has 1 aromatic carbocycles.